The Labute approximate surface area is 190 Å². The highest BCUT2D eigenvalue weighted by Crippen LogP contribution is 2.34. The van der Waals surface area contributed by atoms with Crippen molar-refractivity contribution in [3.05, 3.63) is 93.0 Å². The Morgan fingerprint density at radius 1 is 0.750 bits per heavy atom. The van der Waals surface area contributed by atoms with Crippen molar-refractivity contribution in [1.82, 2.24) is 0 Å². The number of hydrogen-bond donors (Lipinski definition) is 2. The van der Waals surface area contributed by atoms with Crippen molar-refractivity contribution < 1.29 is 14.6 Å². The smallest absolute Gasteiger partial charge is 0.260 e. The molecule has 0 aromatic heterocycles. The lowest BCUT2D eigenvalue weighted by Crippen LogP contribution is -2.17. The second kappa shape index (κ2) is 9.31. The minimum absolute atomic E-state index is 0.0129. The molecule has 0 saturated carbocycles. The number of methoxy groups -OCH3 is 1. The van der Waals surface area contributed by atoms with E-state index in [0.717, 1.165) is 38.9 Å². The maximum Gasteiger partial charge on any atom is 0.260 e. The Hall–Kier alpha value is -3.53. The summed E-state index contributed by atoms with van der Waals surface area (Å²) in [5.41, 5.74) is 8.30. The highest BCUT2D eigenvalue weighted by molar-refractivity contribution is 6.31. The molecule has 0 unspecified atom stereocenters. The van der Waals surface area contributed by atoms with Crippen molar-refractivity contribution in [2.45, 2.75) is 41.5 Å². The number of amides is 1. The van der Waals surface area contributed by atoms with Crippen LogP contribution in [0.1, 0.15) is 44.5 Å². The van der Waals surface area contributed by atoms with Crippen LogP contribution in [0.2, 0.25) is 0 Å². The Balaban J connectivity index is 2.22. The molecule has 0 aliphatic heterocycles. The molecule has 32 heavy (non-hydrogen) atoms. The van der Waals surface area contributed by atoms with Crippen LogP contribution in [0.25, 0.3) is 11.3 Å². The number of hydrogen-bond acceptors (Lipinski definition) is 3. The molecule has 3 aromatic rings. The topological polar surface area (TPSA) is 58.6 Å². The summed E-state index contributed by atoms with van der Waals surface area (Å²) in [6, 6.07) is 15.2. The molecule has 0 heterocycles. The van der Waals surface area contributed by atoms with Gasteiger partial charge in [0.1, 0.15) is 11.5 Å². The quantitative estimate of drug-likeness (QED) is 0.272. The van der Waals surface area contributed by atoms with Crippen LogP contribution in [0, 0.1) is 41.5 Å². The number of aliphatic hydroxyl groups excluding tert-OH is 1. The first-order chi connectivity index (χ1) is 15.1. The van der Waals surface area contributed by atoms with Crippen LogP contribution >= 0.6 is 0 Å². The predicted octanol–water partition coefficient (Wildman–Crippen LogP) is 6.61. The molecule has 4 heteroatoms. The summed E-state index contributed by atoms with van der Waals surface area (Å²) < 4.78 is 5.20. The van der Waals surface area contributed by atoms with E-state index >= 15 is 0 Å². The Morgan fingerprint density at radius 2 is 1.19 bits per heavy atom. The lowest BCUT2D eigenvalue weighted by atomic mass is 9.88. The number of carbonyl (C=O) groups excluding carboxylic acids is 1. The van der Waals surface area contributed by atoms with Crippen LogP contribution in [0.3, 0.4) is 0 Å². The van der Waals surface area contributed by atoms with Crippen LogP contribution < -0.4 is 10.1 Å². The van der Waals surface area contributed by atoms with Crippen LogP contribution in [0.4, 0.5) is 5.69 Å². The fraction of sp³-hybridized carbons (Fsp3) is 0.250. The summed E-state index contributed by atoms with van der Waals surface area (Å²) in [5.74, 6) is 0.334. The molecular weight excluding hydrogens is 398 g/mol. The number of ether oxygens (including phenoxy) is 1. The molecule has 0 radical (unpaired) electrons. The number of aliphatic hydroxyl groups is 1. The van der Waals surface area contributed by atoms with Gasteiger partial charge in [0.05, 0.1) is 12.7 Å². The fourth-order valence-corrected chi connectivity index (χ4v) is 4.46. The maximum absolute atomic E-state index is 13.6. The van der Waals surface area contributed by atoms with E-state index in [0.29, 0.717) is 17.0 Å². The van der Waals surface area contributed by atoms with Gasteiger partial charge in [0, 0.05) is 11.3 Å². The van der Waals surface area contributed by atoms with Crippen molar-refractivity contribution in [3.8, 4) is 5.75 Å². The lowest BCUT2D eigenvalue weighted by Gasteiger charge is -2.19. The first kappa shape index (κ1) is 23.1. The third-order valence-corrected chi connectivity index (χ3v) is 5.65. The zero-order chi connectivity index (χ0) is 23.6. The second-order valence-corrected chi connectivity index (χ2v) is 8.45. The molecule has 3 aromatic carbocycles. The van der Waals surface area contributed by atoms with E-state index in [1.807, 2.05) is 65.8 Å². The van der Waals surface area contributed by atoms with E-state index < -0.39 is 0 Å². The number of carbonyl (C=O) groups is 1. The fourth-order valence-electron chi connectivity index (χ4n) is 4.46. The van der Waals surface area contributed by atoms with E-state index in [-0.39, 0.29) is 17.2 Å². The average molecular weight is 430 g/mol. The molecule has 0 aliphatic carbocycles. The van der Waals surface area contributed by atoms with E-state index in [1.54, 1.807) is 31.4 Å². The summed E-state index contributed by atoms with van der Waals surface area (Å²) in [4.78, 5) is 13.6. The monoisotopic (exact) mass is 429 g/mol. The first-order valence-corrected chi connectivity index (χ1v) is 10.7. The molecule has 4 nitrogen and oxygen atoms in total. The van der Waals surface area contributed by atoms with Crippen molar-refractivity contribution in [1.29, 1.82) is 0 Å². The van der Waals surface area contributed by atoms with Gasteiger partial charge < -0.3 is 15.2 Å². The number of rotatable bonds is 5. The minimum atomic E-state index is -0.359. The second-order valence-electron chi connectivity index (χ2n) is 8.45. The van der Waals surface area contributed by atoms with Gasteiger partial charge >= 0.3 is 0 Å². The van der Waals surface area contributed by atoms with Gasteiger partial charge in [-0.3, -0.25) is 4.79 Å². The Bertz CT molecular complexity index is 1160. The SMILES string of the molecule is COc1ccc(NC(=O)/C(=C(\O)c2c(C)cc(C)cc2C)c2c(C)cc(C)cc2C)cc1. The molecule has 0 aliphatic rings. The third-order valence-electron chi connectivity index (χ3n) is 5.65. The van der Waals surface area contributed by atoms with Gasteiger partial charge in [-0.05, 0) is 93.6 Å². The number of anilines is 1. The number of aryl methyl sites for hydroxylation is 6. The number of benzene rings is 3. The Kier molecular flexibility index (Phi) is 6.73. The standard InChI is InChI=1S/C28H31NO3/c1-16-12-18(3)24(19(4)13-16)26(27(30)25-20(5)14-17(2)15-21(25)6)28(31)29-22-8-10-23(32-7)11-9-22/h8-15,30H,1-7H3,(H,29,31)/b27-26-. The number of nitrogens with one attached hydrogen (secondary N) is 1. The lowest BCUT2D eigenvalue weighted by molar-refractivity contribution is -0.111. The van der Waals surface area contributed by atoms with E-state index in [1.165, 1.54) is 0 Å². The normalized spacial score (nSPS) is 11.7. The molecule has 0 spiro atoms. The van der Waals surface area contributed by atoms with Crippen molar-refractivity contribution >= 4 is 22.9 Å². The molecule has 0 saturated heterocycles. The van der Waals surface area contributed by atoms with E-state index in [9.17, 15) is 9.90 Å². The molecule has 1 amide bonds. The van der Waals surface area contributed by atoms with Gasteiger partial charge in [-0.25, -0.2) is 0 Å². The van der Waals surface area contributed by atoms with Crippen LogP contribution in [0.15, 0.2) is 48.5 Å². The molecule has 2 N–H and O–H groups in total. The van der Waals surface area contributed by atoms with Gasteiger partial charge in [-0.15, -0.1) is 0 Å². The van der Waals surface area contributed by atoms with Crippen molar-refractivity contribution in [3.63, 3.8) is 0 Å². The van der Waals surface area contributed by atoms with Gasteiger partial charge in [0.15, 0.2) is 0 Å². The molecule has 0 fully saturated rings. The van der Waals surface area contributed by atoms with Crippen LogP contribution in [-0.4, -0.2) is 18.1 Å². The zero-order valence-corrected chi connectivity index (χ0v) is 19.9. The zero-order valence-electron chi connectivity index (χ0n) is 19.9. The largest absolute Gasteiger partial charge is 0.506 e. The summed E-state index contributed by atoms with van der Waals surface area (Å²) in [5, 5.41) is 14.5. The highest BCUT2D eigenvalue weighted by atomic mass is 16.5. The minimum Gasteiger partial charge on any atom is -0.506 e. The van der Waals surface area contributed by atoms with Crippen molar-refractivity contribution in [2.24, 2.45) is 0 Å². The molecular formula is C28H31NO3. The summed E-state index contributed by atoms with van der Waals surface area (Å²) in [7, 11) is 1.60. The molecule has 0 bridgehead atoms. The molecule has 0 atom stereocenters. The average Bonchev–Trinajstić information content (AvgIpc) is 2.70. The third kappa shape index (κ3) is 4.70. The van der Waals surface area contributed by atoms with E-state index in [2.05, 4.69) is 5.32 Å². The van der Waals surface area contributed by atoms with Gasteiger partial charge in [-0.1, -0.05) is 35.4 Å². The van der Waals surface area contributed by atoms with E-state index in [4.69, 9.17) is 4.74 Å². The summed E-state index contributed by atoms with van der Waals surface area (Å²) in [6.07, 6.45) is 0. The molecule has 166 valence electrons. The van der Waals surface area contributed by atoms with Gasteiger partial charge in [0.2, 0.25) is 0 Å². The van der Waals surface area contributed by atoms with Crippen molar-refractivity contribution in [2.75, 3.05) is 12.4 Å². The van der Waals surface area contributed by atoms with Gasteiger partial charge in [0.25, 0.3) is 5.91 Å². The highest BCUT2D eigenvalue weighted by Gasteiger charge is 2.24. The Morgan fingerprint density at radius 3 is 1.62 bits per heavy atom. The van der Waals surface area contributed by atoms with Crippen LogP contribution in [-0.2, 0) is 4.79 Å². The maximum atomic E-state index is 13.6. The summed E-state index contributed by atoms with van der Waals surface area (Å²) >= 11 is 0. The van der Waals surface area contributed by atoms with Crippen LogP contribution in [0.5, 0.6) is 5.75 Å². The predicted molar refractivity (Wildman–Crippen MR) is 132 cm³/mol. The van der Waals surface area contributed by atoms with Gasteiger partial charge in [-0.2, -0.15) is 0 Å². The summed E-state index contributed by atoms with van der Waals surface area (Å²) in [6.45, 7) is 11.9. The molecule has 3 rings (SSSR count). The first-order valence-electron chi connectivity index (χ1n) is 10.7.